The van der Waals surface area contributed by atoms with Gasteiger partial charge in [0.2, 0.25) is 0 Å². The number of methoxy groups -OCH3 is 2. The van der Waals surface area contributed by atoms with E-state index in [0.29, 0.717) is 12.0 Å². The summed E-state index contributed by atoms with van der Waals surface area (Å²) in [7, 11) is 3.35. The van der Waals surface area contributed by atoms with Crippen LogP contribution in [0.5, 0.6) is 11.5 Å². The Labute approximate surface area is 121 Å². The lowest BCUT2D eigenvalue weighted by Gasteiger charge is -2.28. The zero-order valence-electron chi connectivity index (χ0n) is 12.6. The van der Waals surface area contributed by atoms with E-state index in [0.717, 1.165) is 49.7 Å². The molecule has 1 aromatic carbocycles. The summed E-state index contributed by atoms with van der Waals surface area (Å²) in [5.41, 5.74) is 1.13. The Morgan fingerprint density at radius 2 is 2.00 bits per heavy atom. The van der Waals surface area contributed by atoms with Crippen LogP contribution in [-0.4, -0.2) is 33.5 Å². The quantitative estimate of drug-likeness (QED) is 0.869. The number of nitrogens with one attached hydrogen (secondary N) is 1. The second-order valence-electron chi connectivity index (χ2n) is 5.27. The summed E-state index contributed by atoms with van der Waals surface area (Å²) in [5.74, 6) is 2.30. The second-order valence-corrected chi connectivity index (χ2v) is 5.27. The highest BCUT2D eigenvalue weighted by Crippen LogP contribution is 2.30. The fourth-order valence-corrected chi connectivity index (χ4v) is 2.75. The molecule has 1 aliphatic rings. The molecule has 0 spiro atoms. The minimum Gasteiger partial charge on any atom is -0.493 e. The van der Waals surface area contributed by atoms with Crippen molar-refractivity contribution >= 4 is 0 Å². The van der Waals surface area contributed by atoms with Gasteiger partial charge in [-0.05, 0) is 31.7 Å². The molecule has 1 heterocycles. The molecule has 0 saturated carbocycles. The molecule has 4 heteroatoms. The Kier molecular flexibility index (Phi) is 5.68. The van der Waals surface area contributed by atoms with E-state index in [1.807, 2.05) is 12.1 Å². The molecule has 1 N–H and O–H groups in total. The maximum absolute atomic E-state index is 5.46. The van der Waals surface area contributed by atoms with Gasteiger partial charge in [-0.25, -0.2) is 0 Å². The van der Waals surface area contributed by atoms with Crippen LogP contribution in [0.25, 0.3) is 0 Å². The average molecular weight is 279 g/mol. The number of rotatable bonds is 6. The van der Waals surface area contributed by atoms with Crippen LogP contribution >= 0.6 is 0 Å². The van der Waals surface area contributed by atoms with E-state index >= 15 is 0 Å². The van der Waals surface area contributed by atoms with Crippen molar-refractivity contribution in [3.05, 3.63) is 23.8 Å². The number of benzene rings is 1. The lowest BCUT2D eigenvalue weighted by Crippen LogP contribution is -2.36. The lowest BCUT2D eigenvalue weighted by atomic mass is 9.93. The first kappa shape index (κ1) is 15.1. The first-order valence-corrected chi connectivity index (χ1v) is 7.27. The predicted molar refractivity (Wildman–Crippen MR) is 79.4 cm³/mol. The molecule has 0 aromatic heterocycles. The summed E-state index contributed by atoms with van der Waals surface area (Å²) >= 11 is 0. The first-order chi connectivity index (χ1) is 9.76. The molecule has 0 amide bonds. The standard InChI is InChI=1S/C16H25NO3/c1-12(13-7-9-20-10-8-13)17-11-14-5-4-6-15(18-2)16(14)19-3/h4-6,12-13,17H,7-11H2,1-3H3. The van der Waals surface area contributed by atoms with Gasteiger partial charge in [-0.15, -0.1) is 0 Å². The molecule has 1 aliphatic heterocycles. The van der Waals surface area contributed by atoms with Gasteiger partial charge in [-0.2, -0.15) is 0 Å². The van der Waals surface area contributed by atoms with Crippen LogP contribution in [-0.2, 0) is 11.3 Å². The van der Waals surface area contributed by atoms with Crippen LogP contribution in [0.1, 0.15) is 25.3 Å². The van der Waals surface area contributed by atoms with Crippen molar-refractivity contribution in [2.45, 2.75) is 32.4 Å². The molecule has 1 unspecified atom stereocenters. The molecule has 0 bridgehead atoms. The summed E-state index contributed by atoms with van der Waals surface area (Å²) in [5, 5.41) is 3.60. The number of hydrogen-bond acceptors (Lipinski definition) is 4. The van der Waals surface area contributed by atoms with E-state index in [2.05, 4.69) is 18.3 Å². The highest BCUT2D eigenvalue weighted by atomic mass is 16.5. The van der Waals surface area contributed by atoms with Crippen molar-refractivity contribution in [3.63, 3.8) is 0 Å². The van der Waals surface area contributed by atoms with Crippen molar-refractivity contribution < 1.29 is 14.2 Å². The zero-order valence-corrected chi connectivity index (χ0v) is 12.6. The zero-order chi connectivity index (χ0) is 14.4. The van der Waals surface area contributed by atoms with Gasteiger partial charge < -0.3 is 19.5 Å². The minimum atomic E-state index is 0.481. The van der Waals surface area contributed by atoms with Gasteiger partial charge in [0.15, 0.2) is 11.5 Å². The Hall–Kier alpha value is -1.26. The lowest BCUT2D eigenvalue weighted by molar-refractivity contribution is 0.0557. The molecular formula is C16H25NO3. The maximum atomic E-state index is 5.46. The maximum Gasteiger partial charge on any atom is 0.165 e. The van der Waals surface area contributed by atoms with Crippen LogP contribution in [0.15, 0.2) is 18.2 Å². The van der Waals surface area contributed by atoms with Crippen molar-refractivity contribution in [3.8, 4) is 11.5 Å². The largest absolute Gasteiger partial charge is 0.493 e. The van der Waals surface area contributed by atoms with Crippen LogP contribution < -0.4 is 14.8 Å². The average Bonchev–Trinajstić information content (AvgIpc) is 2.52. The van der Waals surface area contributed by atoms with Gasteiger partial charge in [0.25, 0.3) is 0 Å². The van der Waals surface area contributed by atoms with Gasteiger partial charge in [0.05, 0.1) is 14.2 Å². The Bertz CT molecular complexity index is 416. The number of hydrogen-bond donors (Lipinski definition) is 1. The summed E-state index contributed by atoms with van der Waals surface area (Å²) in [4.78, 5) is 0. The van der Waals surface area contributed by atoms with E-state index in [1.54, 1.807) is 14.2 Å². The first-order valence-electron chi connectivity index (χ1n) is 7.27. The molecule has 0 radical (unpaired) electrons. The van der Waals surface area contributed by atoms with E-state index in [1.165, 1.54) is 0 Å². The van der Waals surface area contributed by atoms with Crippen molar-refractivity contribution in [1.82, 2.24) is 5.32 Å². The van der Waals surface area contributed by atoms with E-state index < -0.39 is 0 Å². The van der Waals surface area contributed by atoms with E-state index in [9.17, 15) is 0 Å². The fourth-order valence-electron chi connectivity index (χ4n) is 2.75. The molecule has 1 atom stereocenters. The highest BCUT2D eigenvalue weighted by molar-refractivity contribution is 5.46. The van der Waals surface area contributed by atoms with Crippen molar-refractivity contribution in [2.75, 3.05) is 27.4 Å². The van der Waals surface area contributed by atoms with Gasteiger partial charge in [0.1, 0.15) is 0 Å². The van der Waals surface area contributed by atoms with Crippen LogP contribution in [0.2, 0.25) is 0 Å². The SMILES string of the molecule is COc1cccc(CNC(C)C2CCOCC2)c1OC. The monoisotopic (exact) mass is 279 g/mol. The molecule has 1 fully saturated rings. The topological polar surface area (TPSA) is 39.7 Å². The third-order valence-corrected chi connectivity index (χ3v) is 4.07. The fraction of sp³-hybridized carbons (Fsp3) is 0.625. The van der Waals surface area contributed by atoms with E-state index in [4.69, 9.17) is 14.2 Å². The normalized spacial score (nSPS) is 17.8. The summed E-state index contributed by atoms with van der Waals surface area (Å²) in [6, 6.07) is 6.47. The smallest absolute Gasteiger partial charge is 0.165 e. The predicted octanol–water partition coefficient (Wildman–Crippen LogP) is 2.61. The van der Waals surface area contributed by atoms with Gasteiger partial charge in [-0.3, -0.25) is 0 Å². The molecule has 0 aliphatic carbocycles. The molecule has 4 nitrogen and oxygen atoms in total. The Morgan fingerprint density at radius 3 is 2.65 bits per heavy atom. The molecule has 1 saturated heterocycles. The van der Waals surface area contributed by atoms with Crippen molar-refractivity contribution in [2.24, 2.45) is 5.92 Å². The second kappa shape index (κ2) is 7.50. The van der Waals surface area contributed by atoms with Crippen LogP contribution in [0, 0.1) is 5.92 Å². The molecule has 20 heavy (non-hydrogen) atoms. The highest BCUT2D eigenvalue weighted by Gasteiger charge is 2.20. The third-order valence-electron chi connectivity index (χ3n) is 4.07. The Morgan fingerprint density at radius 1 is 1.25 bits per heavy atom. The van der Waals surface area contributed by atoms with Gasteiger partial charge in [0, 0.05) is 31.4 Å². The van der Waals surface area contributed by atoms with Gasteiger partial charge in [-0.1, -0.05) is 12.1 Å². The molecule has 112 valence electrons. The van der Waals surface area contributed by atoms with Crippen molar-refractivity contribution in [1.29, 1.82) is 0 Å². The molecule has 1 aromatic rings. The molecular weight excluding hydrogens is 254 g/mol. The Balaban J connectivity index is 1.96. The third kappa shape index (κ3) is 3.64. The van der Waals surface area contributed by atoms with Gasteiger partial charge >= 0.3 is 0 Å². The number of para-hydroxylation sites is 1. The summed E-state index contributed by atoms with van der Waals surface area (Å²) < 4.78 is 16.2. The van der Waals surface area contributed by atoms with E-state index in [-0.39, 0.29) is 0 Å². The minimum absolute atomic E-state index is 0.481. The number of ether oxygens (including phenoxy) is 3. The summed E-state index contributed by atoms with van der Waals surface area (Å²) in [6.45, 7) is 4.82. The summed E-state index contributed by atoms with van der Waals surface area (Å²) in [6.07, 6.45) is 2.28. The van der Waals surface area contributed by atoms with Crippen LogP contribution in [0.4, 0.5) is 0 Å². The molecule has 2 rings (SSSR count). The van der Waals surface area contributed by atoms with Crippen LogP contribution in [0.3, 0.4) is 0 Å².